The van der Waals surface area contributed by atoms with Crippen molar-refractivity contribution in [1.29, 1.82) is 0 Å². The molecule has 1 unspecified atom stereocenters. The number of nitrogens with one attached hydrogen (secondary N) is 1. The summed E-state index contributed by atoms with van der Waals surface area (Å²) < 4.78 is 0. The lowest BCUT2D eigenvalue weighted by Crippen LogP contribution is -2.50. The number of carboxylic acids is 1. The van der Waals surface area contributed by atoms with E-state index in [1.165, 1.54) is 11.1 Å². The smallest absolute Gasteiger partial charge is 0.311 e. The molecule has 1 fully saturated rings. The molecule has 23 heavy (non-hydrogen) atoms. The molecule has 1 aromatic rings. The van der Waals surface area contributed by atoms with E-state index < -0.39 is 11.4 Å². The number of hydrogen-bond acceptors (Lipinski definition) is 4. The number of aliphatic carboxylic acids is 1. The average molecular weight is 319 g/mol. The molecule has 124 valence electrons. The van der Waals surface area contributed by atoms with Gasteiger partial charge in [0.15, 0.2) is 0 Å². The van der Waals surface area contributed by atoms with Gasteiger partial charge in [0.2, 0.25) is 0 Å². The van der Waals surface area contributed by atoms with Gasteiger partial charge in [-0.15, -0.1) is 0 Å². The Kier molecular flexibility index (Phi) is 4.98. The molecule has 7 heteroatoms. The van der Waals surface area contributed by atoms with Gasteiger partial charge < -0.3 is 15.0 Å². The van der Waals surface area contributed by atoms with Gasteiger partial charge >= 0.3 is 5.97 Å². The van der Waals surface area contributed by atoms with Gasteiger partial charge in [0.25, 0.3) is 11.5 Å². The number of aromatic nitrogens is 2. The number of hydrogen-bond donors (Lipinski definition) is 2. The van der Waals surface area contributed by atoms with Crippen molar-refractivity contribution in [2.24, 2.45) is 5.41 Å². The third kappa shape index (κ3) is 3.85. The number of carbonyl (C=O) groups excluding carboxylic acids is 1. The molecule has 0 radical (unpaired) electrons. The third-order valence-electron chi connectivity index (χ3n) is 4.11. The minimum Gasteiger partial charge on any atom is -0.481 e. The summed E-state index contributed by atoms with van der Waals surface area (Å²) in [4.78, 5) is 43.1. The van der Waals surface area contributed by atoms with E-state index in [4.69, 9.17) is 0 Å². The van der Waals surface area contributed by atoms with Crippen LogP contribution in [0.2, 0.25) is 0 Å². The third-order valence-corrected chi connectivity index (χ3v) is 4.11. The van der Waals surface area contributed by atoms with Crippen LogP contribution in [0.15, 0.2) is 28.8 Å². The number of rotatable bonds is 4. The molecule has 1 aromatic heterocycles. The molecule has 1 saturated heterocycles. The van der Waals surface area contributed by atoms with Crippen LogP contribution in [0.1, 0.15) is 43.6 Å². The highest BCUT2D eigenvalue weighted by Crippen LogP contribution is 2.35. The number of aromatic amines is 1. The minimum absolute atomic E-state index is 0.119. The van der Waals surface area contributed by atoms with Crippen LogP contribution >= 0.6 is 0 Å². The molecule has 2 rings (SSSR count). The lowest BCUT2D eigenvalue weighted by atomic mass is 9.76. The van der Waals surface area contributed by atoms with Gasteiger partial charge in [0, 0.05) is 19.3 Å². The van der Waals surface area contributed by atoms with E-state index in [0.717, 1.165) is 11.8 Å². The van der Waals surface area contributed by atoms with Gasteiger partial charge in [-0.2, -0.15) is 0 Å². The molecule has 0 bridgehead atoms. The van der Waals surface area contributed by atoms with Gasteiger partial charge in [-0.25, -0.2) is 4.98 Å². The largest absolute Gasteiger partial charge is 0.481 e. The summed E-state index contributed by atoms with van der Waals surface area (Å²) in [7, 11) is 0. The lowest BCUT2D eigenvalue weighted by molar-refractivity contribution is -0.151. The summed E-state index contributed by atoms with van der Waals surface area (Å²) >= 11 is 0. The topological polar surface area (TPSA) is 103 Å². The summed E-state index contributed by atoms with van der Waals surface area (Å²) in [5, 5.41) is 9.68. The number of H-pyrrole nitrogens is 1. The fraction of sp³-hybridized carbons (Fsp3) is 0.500. The molecule has 0 spiro atoms. The lowest BCUT2D eigenvalue weighted by Gasteiger charge is -2.39. The zero-order valence-corrected chi connectivity index (χ0v) is 13.3. The molecule has 2 N–H and O–H groups in total. The first-order chi connectivity index (χ1) is 10.8. The van der Waals surface area contributed by atoms with Crippen LogP contribution in [-0.2, 0) is 4.79 Å². The van der Waals surface area contributed by atoms with Crippen LogP contribution in [0, 0.1) is 5.41 Å². The van der Waals surface area contributed by atoms with Crippen molar-refractivity contribution in [3.05, 3.63) is 40.1 Å². The minimum atomic E-state index is -0.965. The molecular weight excluding hydrogens is 298 g/mol. The maximum absolute atomic E-state index is 12.5. The van der Waals surface area contributed by atoms with E-state index >= 15 is 0 Å². The molecule has 0 aliphatic carbocycles. The Balaban J connectivity index is 2.22. The number of amides is 1. The Bertz CT molecular complexity index is 670. The quantitative estimate of drug-likeness (QED) is 0.817. The normalized spacial score (nSPS) is 20.9. The highest BCUT2D eigenvalue weighted by molar-refractivity contribution is 5.92. The van der Waals surface area contributed by atoms with Crippen molar-refractivity contribution in [3.63, 3.8) is 0 Å². The van der Waals surface area contributed by atoms with Crippen molar-refractivity contribution in [2.75, 3.05) is 13.1 Å². The van der Waals surface area contributed by atoms with E-state index in [1.807, 2.05) is 19.9 Å². The molecule has 1 amide bonds. The molecule has 2 heterocycles. The predicted molar refractivity (Wildman–Crippen MR) is 84.1 cm³/mol. The number of likely N-dealkylation sites (tertiary alicyclic amines) is 1. The molecular formula is C16H21N3O4. The highest BCUT2D eigenvalue weighted by atomic mass is 16.4. The zero-order chi connectivity index (χ0) is 17.0. The molecule has 1 atom stereocenters. The van der Waals surface area contributed by atoms with Crippen LogP contribution < -0.4 is 5.56 Å². The van der Waals surface area contributed by atoms with E-state index in [0.29, 0.717) is 25.8 Å². The first kappa shape index (κ1) is 16.9. The fourth-order valence-corrected chi connectivity index (χ4v) is 2.75. The predicted octanol–water partition coefficient (Wildman–Crippen LogP) is 1.43. The summed E-state index contributed by atoms with van der Waals surface area (Å²) in [5.74, 6) is -1.24. The molecule has 1 aliphatic heterocycles. The first-order valence-electron chi connectivity index (χ1n) is 7.55. The van der Waals surface area contributed by atoms with E-state index in [9.17, 15) is 19.5 Å². The number of carboxylic acid groups (broad SMARTS) is 1. The maximum Gasteiger partial charge on any atom is 0.311 e. The Morgan fingerprint density at radius 2 is 2.22 bits per heavy atom. The van der Waals surface area contributed by atoms with Gasteiger partial charge in [-0.1, -0.05) is 11.6 Å². The Hall–Kier alpha value is -2.44. The number of carbonyl (C=O) groups is 2. The second-order valence-electron chi connectivity index (χ2n) is 6.20. The highest BCUT2D eigenvalue weighted by Gasteiger charge is 2.43. The second-order valence-corrected chi connectivity index (χ2v) is 6.20. The monoisotopic (exact) mass is 319 g/mol. The summed E-state index contributed by atoms with van der Waals surface area (Å²) in [6, 6.07) is 0. The van der Waals surface area contributed by atoms with Crippen LogP contribution in [0.3, 0.4) is 0 Å². The first-order valence-corrected chi connectivity index (χ1v) is 7.55. The van der Waals surface area contributed by atoms with Crippen LogP contribution in [-0.4, -0.2) is 44.9 Å². The summed E-state index contributed by atoms with van der Waals surface area (Å²) in [6.45, 7) is 4.48. The molecule has 0 saturated carbocycles. The van der Waals surface area contributed by atoms with Gasteiger partial charge in [-0.3, -0.25) is 14.4 Å². The summed E-state index contributed by atoms with van der Waals surface area (Å²) in [6.07, 6.45) is 5.77. The standard InChI is InChI=1S/C16H21N3O4/c1-11(2)4-6-16(15(22)23)5-3-7-19(10-16)14(21)12-8-18-13(20)9-17-12/h4,8-9H,3,5-7,10H2,1-2H3,(H,18,20)(H,22,23). The van der Waals surface area contributed by atoms with Gasteiger partial charge in [0.05, 0.1) is 11.6 Å². The average Bonchev–Trinajstić information content (AvgIpc) is 2.53. The van der Waals surface area contributed by atoms with Crippen molar-refractivity contribution >= 4 is 11.9 Å². The molecule has 0 aromatic carbocycles. The van der Waals surface area contributed by atoms with E-state index in [-0.39, 0.29) is 23.7 Å². The second kappa shape index (κ2) is 6.76. The molecule has 1 aliphatic rings. The van der Waals surface area contributed by atoms with E-state index in [1.54, 1.807) is 0 Å². The fourth-order valence-electron chi connectivity index (χ4n) is 2.75. The van der Waals surface area contributed by atoms with Crippen LogP contribution in [0.4, 0.5) is 0 Å². The number of piperidine rings is 1. The zero-order valence-electron chi connectivity index (χ0n) is 13.3. The Labute approximate surface area is 134 Å². The van der Waals surface area contributed by atoms with Crippen molar-refractivity contribution < 1.29 is 14.7 Å². The number of allylic oxidation sites excluding steroid dienone is 2. The van der Waals surface area contributed by atoms with E-state index in [2.05, 4.69) is 9.97 Å². The van der Waals surface area contributed by atoms with Gasteiger partial charge in [0.1, 0.15) is 5.69 Å². The van der Waals surface area contributed by atoms with Crippen molar-refractivity contribution in [3.8, 4) is 0 Å². The summed E-state index contributed by atoms with van der Waals surface area (Å²) in [5.41, 5.74) is -0.180. The van der Waals surface area contributed by atoms with Crippen molar-refractivity contribution in [1.82, 2.24) is 14.9 Å². The van der Waals surface area contributed by atoms with Crippen LogP contribution in [0.5, 0.6) is 0 Å². The maximum atomic E-state index is 12.5. The SMILES string of the molecule is CC(C)=CCC1(C(=O)O)CCCN(C(=O)c2c[nH]c(=O)cn2)C1. The van der Waals surface area contributed by atoms with Crippen molar-refractivity contribution in [2.45, 2.75) is 33.1 Å². The Morgan fingerprint density at radius 1 is 1.48 bits per heavy atom. The number of nitrogens with zero attached hydrogens (tertiary/aromatic N) is 2. The Morgan fingerprint density at radius 3 is 2.78 bits per heavy atom. The van der Waals surface area contributed by atoms with Gasteiger partial charge in [-0.05, 0) is 33.1 Å². The molecule has 7 nitrogen and oxygen atoms in total. The van der Waals surface area contributed by atoms with Crippen LogP contribution in [0.25, 0.3) is 0 Å².